The number of hydrogen-bond donors (Lipinski definition) is 2. The predicted molar refractivity (Wildman–Crippen MR) is 77.3 cm³/mol. The normalized spacial score (nSPS) is 23.1. The molecule has 0 radical (unpaired) electrons. The Labute approximate surface area is 116 Å². The van der Waals surface area contributed by atoms with Crippen molar-refractivity contribution < 1.29 is 9.84 Å². The fourth-order valence-corrected chi connectivity index (χ4v) is 2.80. The SMILES string of the molecule is OC(CNCCC1=CCCCC1)CN1CCOCC1. The van der Waals surface area contributed by atoms with Crippen molar-refractivity contribution in [3.05, 3.63) is 11.6 Å². The summed E-state index contributed by atoms with van der Waals surface area (Å²) in [5, 5.41) is 13.4. The quantitative estimate of drug-likeness (QED) is 0.537. The Kier molecular flexibility index (Phi) is 6.85. The van der Waals surface area contributed by atoms with E-state index in [1.54, 1.807) is 5.57 Å². The van der Waals surface area contributed by atoms with E-state index in [1.807, 2.05) is 0 Å². The Bertz CT molecular complexity index is 275. The first kappa shape index (κ1) is 15.0. The van der Waals surface area contributed by atoms with E-state index in [0.29, 0.717) is 6.54 Å². The minimum atomic E-state index is -0.265. The Hall–Kier alpha value is -0.420. The maximum atomic E-state index is 9.98. The van der Waals surface area contributed by atoms with E-state index in [-0.39, 0.29) is 6.10 Å². The van der Waals surface area contributed by atoms with Gasteiger partial charge in [-0.1, -0.05) is 11.6 Å². The van der Waals surface area contributed by atoms with Crippen LogP contribution in [0.4, 0.5) is 0 Å². The van der Waals surface area contributed by atoms with E-state index in [2.05, 4.69) is 16.3 Å². The highest BCUT2D eigenvalue weighted by Crippen LogP contribution is 2.19. The molecule has 0 saturated carbocycles. The minimum Gasteiger partial charge on any atom is -0.390 e. The van der Waals surface area contributed by atoms with Gasteiger partial charge in [-0.25, -0.2) is 0 Å². The van der Waals surface area contributed by atoms with Crippen molar-refractivity contribution in [2.75, 3.05) is 45.9 Å². The number of rotatable bonds is 7. The van der Waals surface area contributed by atoms with Gasteiger partial charge in [0.25, 0.3) is 0 Å². The van der Waals surface area contributed by atoms with Crippen molar-refractivity contribution in [1.29, 1.82) is 0 Å². The first-order valence-electron chi connectivity index (χ1n) is 7.71. The van der Waals surface area contributed by atoms with Crippen molar-refractivity contribution in [2.24, 2.45) is 0 Å². The highest BCUT2D eigenvalue weighted by atomic mass is 16.5. The lowest BCUT2D eigenvalue weighted by Crippen LogP contribution is -2.43. The second-order valence-electron chi connectivity index (χ2n) is 5.63. The number of morpholine rings is 1. The van der Waals surface area contributed by atoms with Gasteiger partial charge in [-0.3, -0.25) is 4.90 Å². The van der Waals surface area contributed by atoms with Crippen LogP contribution >= 0.6 is 0 Å². The van der Waals surface area contributed by atoms with Crippen molar-refractivity contribution in [2.45, 2.75) is 38.2 Å². The number of hydrogen-bond acceptors (Lipinski definition) is 4. The number of nitrogens with one attached hydrogen (secondary N) is 1. The van der Waals surface area contributed by atoms with Gasteiger partial charge in [0.05, 0.1) is 19.3 Å². The van der Waals surface area contributed by atoms with Crippen LogP contribution in [0.2, 0.25) is 0 Å². The molecular formula is C15H28N2O2. The summed E-state index contributed by atoms with van der Waals surface area (Å²) < 4.78 is 5.30. The zero-order chi connectivity index (χ0) is 13.3. The van der Waals surface area contributed by atoms with Crippen LogP contribution < -0.4 is 5.32 Å². The lowest BCUT2D eigenvalue weighted by atomic mass is 9.97. The van der Waals surface area contributed by atoms with Crippen molar-refractivity contribution in [1.82, 2.24) is 10.2 Å². The van der Waals surface area contributed by atoms with Gasteiger partial charge in [0, 0.05) is 26.2 Å². The van der Waals surface area contributed by atoms with E-state index in [0.717, 1.165) is 45.8 Å². The second-order valence-corrected chi connectivity index (χ2v) is 5.63. The Balaban J connectivity index is 1.51. The van der Waals surface area contributed by atoms with Gasteiger partial charge in [-0.05, 0) is 38.6 Å². The molecule has 4 heteroatoms. The summed E-state index contributed by atoms with van der Waals surface area (Å²) in [6.45, 7) is 5.95. The molecule has 1 fully saturated rings. The molecule has 0 spiro atoms. The number of ether oxygens (including phenoxy) is 1. The largest absolute Gasteiger partial charge is 0.390 e. The third kappa shape index (κ3) is 6.04. The second kappa shape index (κ2) is 8.69. The van der Waals surface area contributed by atoms with Crippen LogP contribution in [0.25, 0.3) is 0 Å². The summed E-state index contributed by atoms with van der Waals surface area (Å²) in [6, 6.07) is 0. The lowest BCUT2D eigenvalue weighted by Gasteiger charge is -2.28. The van der Waals surface area contributed by atoms with Crippen LogP contribution in [-0.4, -0.2) is 62.0 Å². The van der Waals surface area contributed by atoms with Crippen LogP contribution in [0.1, 0.15) is 32.1 Å². The minimum absolute atomic E-state index is 0.265. The molecule has 0 aromatic rings. The highest BCUT2D eigenvalue weighted by Gasteiger charge is 2.14. The van der Waals surface area contributed by atoms with Gasteiger partial charge >= 0.3 is 0 Å². The summed E-state index contributed by atoms with van der Waals surface area (Å²) in [6.07, 6.45) is 8.52. The molecule has 0 amide bonds. The molecule has 1 aliphatic carbocycles. The van der Waals surface area contributed by atoms with Crippen LogP contribution in [0.5, 0.6) is 0 Å². The Morgan fingerprint density at radius 3 is 2.89 bits per heavy atom. The molecule has 2 N–H and O–H groups in total. The van der Waals surface area contributed by atoms with Crippen LogP contribution in [-0.2, 0) is 4.74 Å². The van der Waals surface area contributed by atoms with Crippen LogP contribution in [0, 0.1) is 0 Å². The molecule has 2 rings (SSSR count). The molecule has 1 unspecified atom stereocenters. The molecule has 1 heterocycles. The highest BCUT2D eigenvalue weighted by molar-refractivity contribution is 5.05. The molecule has 110 valence electrons. The first-order chi connectivity index (χ1) is 9.34. The summed E-state index contributed by atoms with van der Waals surface area (Å²) >= 11 is 0. The van der Waals surface area contributed by atoms with E-state index in [9.17, 15) is 5.11 Å². The molecule has 1 saturated heterocycles. The zero-order valence-corrected chi connectivity index (χ0v) is 11.9. The number of β-amino-alcohol motifs (C(OH)–C–C–N with tert-alkyl or cyclic N) is 1. The van der Waals surface area contributed by atoms with Gasteiger partial charge in [-0.15, -0.1) is 0 Å². The fourth-order valence-electron chi connectivity index (χ4n) is 2.80. The maximum Gasteiger partial charge on any atom is 0.0791 e. The van der Waals surface area contributed by atoms with E-state index in [4.69, 9.17) is 4.74 Å². The molecule has 1 aliphatic heterocycles. The van der Waals surface area contributed by atoms with Gasteiger partial charge in [0.2, 0.25) is 0 Å². The molecule has 0 aromatic carbocycles. The van der Waals surface area contributed by atoms with Crippen LogP contribution in [0.3, 0.4) is 0 Å². The van der Waals surface area contributed by atoms with Gasteiger partial charge < -0.3 is 15.2 Å². The van der Waals surface area contributed by atoms with Crippen molar-refractivity contribution in [3.8, 4) is 0 Å². The number of aliphatic hydroxyl groups is 1. The van der Waals surface area contributed by atoms with Gasteiger partial charge in [-0.2, -0.15) is 0 Å². The lowest BCUT2D eigenvalue weighted by molar-refractivity contribution is 0.0150. The third-order valence-corrected chi connectivity index (χ3v) is 3.96. The smallest absolute Gasteiger partial charge is 0.0791 e. The Morgan fingerprint density at radius 1 is 1.32 bits per heavy atom. The van der Waals surface area contributed by atoms with E-state index in [1.165, 1.54) is 25.7 Å². The third-order valence-electron chi connectivity index (χ3n) is 3.96. The van der Waals surface area contributed by atoms with E-state index < -0.39 is 0 Å². The van der Waals surface area contributed by atoms with Crippen molar-refractivity contribution in [3.63, 3.8) is 0 Å². The fraction of sp³-hybridized carbons (Fsp3) is 0.867. The molecule has 19 heavy (non-hydrogen) atoms. The number of aliphatic hydroxyl groups excluding tert-OH is 1. The summed E-state index contributed by atoms with van der Waals surface area (Å²) in [7, 11) is 0. The summed E-state index contributed by atoms with van der Waals surface area (Å²) in [5.41, 5.74) is 1.60. The molecule has 2 aliphatic rings. The molecule has 0 aromatic heterocycles. The zero-order valence-electron chi connectivity index (χ0n) is 11.9. The molecule has 1 atom stereocenters. The first-order valence-corrected chi connectivity index (χ1v) is 7.71. The molecule has 0 bridgehead atoms. The average molecular weight is 268 g/mol. The molecular weight excluding hydrogens is 240 g/mol. The van der Waals surface area contributed by atoms with Gasteiger partial charge in [0.15, 0.2) is 0 Å². The summed E-state index contributed by atoms with van der Waals surface area (Å²) in [5.74, 6) is 0. The summed E-state index contributed by atoms with van der Waals surface area (Å²) in [4.78, 5) is 2.28. The number of nitrogens with zero attached hydrogens (tertiary/aromatic N) is 1. The number of allylic oxidation sites excluding steroid dienone is 1. The predicted octanol–water partition coefficient (Wildman–Crippen LogP) is 1.16. The monoisotopic (exact) mass is 268 g/mol. The van der Waals surface area contributed by atoms with Gasteiger partial charge in [0.1, 0.15) is 0 Å². The molecule has 4 nitrogen and oxygen atoms in total. The Morgan fingerprint density at radius 2 is 2.16 bits per heavy atom. The standard InChI is InChI=1S/C15H28N2O2/c18-15(13-17-8-10-19-11-9-17)12-16-7-6-14-4-2-1-3-5-14/h4,15-16,18H,1-3,5-13H2. The maximum absolute atomic E-state index is 9.98. The van der Waals surface area contributed by atoms with E-state index >= 15 is 0 Å². The topological polar surface area (TPSA) is 44.7 Å². The van der Waals surface area contributed by atoms with Crippen LogP contribution in [0.15, 0.2) is 11.6 Å². The van der Waals surface area contributed by atoms with Crippen molar-refractivity contribution >= 4 is 0 Å². The average Bonchev–Trinajstić information content (AvgIpc) is 2.46.